The van der Waals surface area contributed by atoms with Gasteiger partial charge < -0.3 is 15.7 Å². The highest BCUT2D eigenvalue weighted by Crippen LogP contribution is 2.17. The monoisotopic (exact) mass is 294 g/mol. The molecule has 1 aromatic carbocycles. The van der Waals surface area contributed by atoms with E-state index in [0.29, 0.717) is 5.56 Å². The molecule has 0 aromatic heterocycles. The zero-order chi connectivity index (χ0) is 14.4. The summed E-state index contributed by atoms with van der Waals surface area (Å²) in [6.45, 7) is 0. The number of rotatable bonds is 4. The van der Waals surface area contributed by atoms with Gasteiger partial charge in [-0.25, -0.2) is 9.59 Å². The van der Waals surface area contributed by atoms with E-state index < -0.39 is 18.0 Å². The number of hydrogen-bond donors (Lipinski definition) is 3. The largest absolute Gasteiger partial charge is 0.479 e. The van der Waals surface area contributed by atoms with E-state index in [1.165, 1.54) is 0 Å². The summed E-state index contributed by atoms with van der Waals surface area (Å²) in [5, 5.41) is 14.6. The average Bonchev–Trinajstić information content (AvgIpc) is 2.46. The molecule has 0 spiro atoms. The molecular formula is C14H18N2O3S. The molecule has 108 valence electrons. The van der Waals surface area contributed by atoms with Gasteiger partial charge in [-0.2, -0.15) is 11.8 Å². The summed E-state index contributed by atoms with van der Waals surface area (Å²) in [5.41, 5.74) is 0.564. The Morgan fingerprint density at radius 1 is 1.20 bits per heavy atom. The van der Waals surface area contributed by atoms with Crippen LogP contribution in [-0.4, -0.2) is 34.7 Å². The standard InChI is InChI=1S/C14H18N2O3S/c17-13(18)12(10-4-2-1-3-5-10)16-14(19)15-11-6-8-20-9-7-11/h1-5,11-12H,6-9H2,(H,17,18)(H2,15,16,19)/t12-/m1/s1. The van der Waals surface area contributed by atoms with Gasteiger partial charge in [0.25, 0.3) is 0 Å². The number of carboxylic acid groups (broad SMARTS) is 1. The smallest absolute Gasteiger partial charge is 0.330 e. The maximum Gasteiger partial charge on any atom is 0.330 e. The Kier molecular flexibility index (Phi) is 5.29. The molecule has 5 nitrogen and oxygen atoms in total. The maximum atomic E-state index is 11.9. The highest BCUT2D eigenvalue weighted by Gasteiger charge is 2.23. The molecular weight excluding hydrogens is 276 g/mol. The van der Waals surface area contributed by atoms with Crippen molar-refractivity contribution in [3.8, 4) is 0 Å². The van der Waals surface area contributed by atoms with E-state index in [0.717, 1.165) is 24.3 Å². The quantitative estimate of drug-likeness (QED) is 0.793. The minimum absolute atomic E-state index is 0.140. The lowest BCUT2D eigenvalue weighted by Crippen LogP contribution is -2.46. The molecule has 3 N–H and O–H groups in total. The third-order valence-electron chi connectivity index (χ3n) is 3.21. The van der Waals surface area contributed by atoms with Crippen LogP contribution in [0.15, 0.2) is 30.3 Å². The Morgan fingerprint density at radius 2 is 1.85 bits per heavy atom. The van der Waals surface area contributed by atoms with Crippen molar-refractivity contribution in [3.05, 3.63) is 35.9 Å². The lowest BCUT2D eigenvalue weighted by atomic mass is 10.1. The van der Waals surface area contributed by atoms with E-state index in [9.17, 15) is 14.7 Å². The predicted molar refractivity (Wildman–Crippen MR) is 78.8 cm³/mol. The second-order valence-electron chi connectivity index (χ2n) is 4.69. The number of urea groups is 1. The molecule has 6 heteroatoms. The topological polar surface area (TPSA) is 78.4 Å². The normalized spacial score (nSPS) is 17.2. The second-order valence-corrected chi connectivity index (χ2v) is 5.91. The van der Waals surface area contributed by atoms with Crippen molar-refractivity contribution in [1.29, 1.82) is 0 Å². The van der Waals surface area contributed by atoms with Gasteiger partial charge in [-0.15, -0.1) is 0 Å². The summed E-state index contributed by atoms with van der Waals surface area (Å²) < 4.78 is 0. The average molecular weight is 294 g/mol. The number of hydrogen-bond acceptors (Lipinski definition) is 3. The molecule has 1 aliphatic rings. The number of aliphatic carboxylic acids is 1. The SMILES string of the molecule is O=C(NC1CCSCC1)N[C@@H](C(=O)O)c1ccccc1. The van der Waals surface area contributed by atoms with Crippen LogP contribution in [-0.2, 0) is 4.79 Å². The molecule has 0 saturated carbocycles. The first kappa shape index (κ1) is 14.7. The van der Waals surface area contributed by atoms with Crippen molar-refractivity contribution in [2.75, 3.05) is 11.5 Å². The molecule has 0 radical (unpaired) electrons. The first-order valence-electron chi connectivity index (χ1n) is 6.59. The predicted octanol–water partition coefficient (Wildman–Crippen LogP) is 2.01. The molecule has 0 bridgehead atoms. The Morgan fingerprint density at radius 3 is 2.45 bits per heavy atom. The van der Waals surface area contributed by atoms with Gasteiger partial charge in [-0.1, -0.05) is 30.3 Å². The molecule has 20 heavy (non-hydrogen) atoms. The van der Waals surface area contributed by atoms with Crippen LogP contribution in [0.4, 0.5) is 4.79 Å². The molecule has 1 heterocycles. The van der Waals surface area contributed by atoms with E-state index in [2.05, 4.69) is 10.6 Å². The molecule has 2 amide bonds. The lowest BCUT2D eigenvalue weighted by molar-refractivity contribution is -0.139. The third-order valence-corrected chi connectivity index (χ3v) is 4.26. The van der Waals surface area contributed by atoms with E-state index in [-0.39, 0.29) is 6.04 Å². The molecule has 1 fully saturated rings. The highest BCUT2D eigenvalue weighted by molar-refractivity contribution is 7.99. The van der Waals surface area contributed by atoms with Gasteiger partial charge in [0.15, 0.2) is 6.04 Å². The minimum Gasteiger partial charge on any atom is -0.479 e. The number of thioether (sulfide) groups is 1. The number of nitrogens with one attached hydrogen (secondary N) is 2. The Hall–Kier alpha value is -1.69. The van der Waals surface area contributed by atoms with Crippen LogP contribution in [0.25, 0.3) is 0 Å². The van der Waals surface area contributed by atoms with E-state index >= 15 is 0 Å². The van der Waals surface area contributed by atoms with Crippen LogP contribution in [0.3, 0.4) is 0 Å². The van der Waals surface area contributed by atoms with Crippen LogP contribution in [0, 0.1) is 0 Å². The number of carbonyl (C=O) groups is 2. The molecule has 0 unspecified atom stereocenters. The van der Waals surface area contributed by atoms with Gasteiger partial charge in [-0.3, -0.25) is 0 Å². The minimum atomic E-state index is -1.06. The van der Waals surface area contributed by atoms with Crippen LogP contribution in [0.1, 0.15) is 24.4 Å². The fourth-order valence-corrected chi connectivity index (χ4v) is 3.24. The maximum absolute atomic E-state index is 11.9. The number of carboxylic acids is 1. The first-order valence-corrected chi connectivity index (χ1v) is 7.75. The number of amides is 2. The number of carbonyl (C=O) groups excluding carboxylic acids is 1. The fourth-order valence-electron chi connectivity index (χ4n) is 2.13. The van der Waals surface area contributed by atoms with Gasteiger partial charge in [0.05, 0.1) is 0 Å². The molecule has 1 atom stereocenters. The van der Waals surface area contributed by atoms with Crippen molar-refractivity contribution in [1.82, 2.24) is 10.6 Å². The van der Waals surface area contributed by atoms with E-state index in [4.69, 9.17) is 0 Å². The summed E-state index contributed by atoms with van der Waals surface area (Å²) in [7, 11) is 0. The molecule has 0 aliphatic carbocycles. The second kappa shape index (κ2) is 7.19. The Labute approximate surface area is 122 Å². The summed E-state index contributed by atoms with van der Waals surface area (Å²) in [6, 6.07) is 7.40. The molecule has 1 saturated heterocycles. The van der Waals surface area contributed by atoms with Crippen LogP contribution >= 0.6 is 11.8 Å². The summed E-state index contributed by atoms with van der Waals surface area (Å²) in [5.74, 6) is 1.00. The van der Waals surface area contributed by atoms with Gasteiger partial charge in [-0.05, 0) is 29.9 Å². The van der Waals surface area contributed by atoms with Gasteiger partial charge in [0.2, 0.25) is 0 Å². The molecule has 2 rings (SSSR count). The fraction of sp³-hybridized carbons (Fsp3) is 0.429. The van der Waals surface area contributed by atoms with E-state index in [1.807, 2.05) is 17.8 Å². The van der Waals surface area contributed by atoms with Gasteiger partial charge >= 0.3 is 12.0 Å². The van der Waals surface area contributed by atoms with Crippen LogP contribution in [0.5, 0.6) is 0 Å². The Balaban J connectivity index is 1.94. The zero-order valence-electron chi connectivity index (χ0n) is 11.0. The van der Waals surface area contributed by atoms with Crippen molar-refractivity contribution >= 4 is 23.8 Å². The summed E-state index contributed by atoms with van der Waals surface area (Å²) >= 11 is 1.88. The summed E-state index contributed by atoms with van der Waals surface area (Å²) in [6.07, 6.45) is 1.86. The third kappa shape index (κ3) is 4.16. The van der Waals surface area contributed by atoms with Crippen molar-refractivity contribution < 1.29 is 14.7 Å². The van der Waals surface area contributed by atoms with Crippen molar-refractivity contribution in [3.63, 3.8) is 0 Å². The lowest BCUT2D eigenvalue weighted by Gasteiger charge is -2.24. The van der Waals surface area contributed by atoms with Crippen LogP contribution in [0.2, 0.25) is 0 Å². The van der Waals surface area contributed by atoms with Crippen molar-refractivity contribution in [2.45, 2.75) is 24.9 Å². The summed E-state index contributed by atoms with van der Waals surface area (Å²) in [4.78, 5) is 23.2. The van der Waals surface area contributed by atoms with Gasteiger partial charge in [0, 0.05) is 6.04 Å². The van der Waals surface area contributed by atoms with Crippen LogP contribution < -0.4 is 10.6 Å². The highest BCUT2D eigenvalue weighted by atomic mass is 32.2. The van der Waals surface area contributed by atoms with E-state index in [1.54, 1.807) is 24.3 Å². The van der Waals surface area contributed by atoms with Crippen molar-refractivity contribution in [2.24, 2.45) is 0 Å². The molecule has 1 aromatic rings. The van der Waals surface area contributed by atoms with Gasteiger partial charge in [0.1, 0.15) is 0 Å². The molecule has 1 aliphatic heterocycles. The Bertz CT molecular complexity index is 461. The first-order chi connectivity index (χ1) is 9.66. The zero-order valence-corrected chi connectivity index (χ0v) is 11.9. The number of benzene rings is 1.